The summed E-state index contributed by atoms with van der Waals surface area (Å²) in [5.74, 6) is 0.290. The molecule has 6 nitrogen and oxygen atoms in total. The van der Waals surface area contributed by atoms with E-state index in [0.717, 1.165) is 12.3 Å². The fourth-order valence-electron chi connectivity index (χ4n) is 2.85. The first-order valence-corrected chi connectivity index (χ1v) is 8.79. The summed E-state index contributed by atoms with van der Waals surface area (Å²) < 4.78 is 49.1. The Balaban J connectivity index is 2.07. The van der Waals surface area contributed by atoms with Crippen molar-refractivity contribution in [3.63, 3.8) is 0 Å². The molecule has 0 aromatic carbocycles. The molecule has 1 aromatic heterocycles. The molecule has 2 rings (SSSR count). The SMILES string of the molecule is C[C@@H]1O[C@@H](C)CN(C(=O)OC(C)(C)C)[C@@H]1CNc1ccc(C(F)(F)F)cn1. The molecule has 0 radical (unpaired) electrons. The van der Waals surface area contributed by atoms with Gasteiger partial charge in [-0.2, -0.15) is 13.2 Å². The lowest BCUT2D eigenvalue weighted by Crippen LogP contribution is -2.58. The van der Waals surface area contributed by atoms with Crippen LogP contribution < -0.4 is 5.32 Å². The number of alkyl halides is 3. The van der Waals surface area contributed by atoms with Crippen molar-refractivity contribution in [2.45, 2.75) is 64.6 Å². The van der Waals surface area contributed by atoms with Crippen molar-refractivity contribution in [2.75, 3.05) is 18.4 Å². The standard InChI is InChI=1S/C18H26F3N3O3/c1-11-10-24(16(25)27-17(3,4)5)14(12(2)26-11)9-23-15-7-6-13(8-22-15)18(19,20)21/h6-8,11-12,14H,9-10H2,1-5H3,(H,22,23)/t11-,12-,14+/m0/s1. The minimum Gasteiger partial charge on any atom is -0.444 e. The molecular formula is C18H26F3N3O3. The number of amides is 1. The number of carbonyl (C=O) groups excluding carboxylic acids is 1. The Morgan fingerprint density at radius 3 is 2.52 bits per heavy atom. The van der Waals surface area contributed by atoms with Gasteiger partial charge in [0.1, 0.15) is 11.4 Å². The average molecular weight is 389 g/mol. The highest BCUT2D eigenvalue weighted by Crippen LogP contribution is 2.29. The Kier molecular flexibility index (Phi) is 6.24. The number of carbonyl (C=O) groups is 1. The molecule has 9 heteroatoms. The van der Waals surface area contributed by atoms with Gasteiger partial charge in [0.25, 0.3) is 0 Å². The normalized spacial score (nSPS) is 23.9. The number of anilines is 1. The van der Waals surface area contributed by atoms with E-state index >= 15 is 0 Å². The van der Waals surface area contributed by atoms with Gasteiger partial charge < -0.3 is 14.8 Å². The lowest BCUT2D eigenvalue weighted by atomic mass is 10.1. The number of hydrogen-bond donors (Lipinski definition) is 1. The van der Waals surface area contributed by atoms with Crippen molar-refractivity contribution in [1.82, 2.24) is 9.88 Å². The Bertz CT molecular complexity index is 644. The van der Waals surface area contributed by atoms with Crippen molar-refractivity contribution >= 4 is 11.9 Å². The average Bonchev–Trinajstić information content (AvgIpc) is 2.51. The summed E-state index contributed by atoms with van der Waals surface area (Å²) in [7, 11) is 0. The zero-order chi connectivity index (χ0) is 20.4. The van der Waals surface area contributed by atoms with Crippen LogP contribution in [-0.4, -0.2) is 52.9 Å². The second kappa shape index (κ2) is 7.92. The number of pyridine rings is 1. The molecule has 0 saturated carbocycles. The second-order valence-corrected chi connectivity index (χ2v) is 7.66. The molecule has 1 amide bonds. The van der Waals surface area contributed by atoms with Gasteiger partial charge in [-0.05, 0) is 46.8 Å². The van der Waals surface area contributed by atoms with E-state index in [4.69, 9.17) is 9.47 Å². The molecular weight excluding hydrogens is 363 g/mol. The lowest BCUT2D eigenvalue weighted by molar-refractivity contribution is -0.137. The summed E-state index contributed by atoms with van der Waals surface area (Å²) in [4.78, 5) is 18.0. The van der Waals surface area contributed by atoms with E-state index in [1.165, 1.54) is 6.07 Å². The topological polar surface area (TPSA) is 63.7 Å². The molecule has 1 aliphatic heterocycles. The number of rotatable bonds is 3. The largest absolute Gasteiger partial charge is 0.444 e. The van der Waals surface area contributed by atoms with E-state index in [9.17, 15) is 18.0 Å². The van der Waals surface area contributed by atoms with Crippen LogP contribution in [0.25, 0.3) is 0 Å². The third kappa shape index (κ3) is 5.98. The van der Waals surface area contributed by atoms with E-state index in [1.807, 2.05) is 13.8 Å². The molecule has 1 aliphatic rings. The Labute approximate surface area is 157 Å². The van der Waals surface area contributed by atoms with Crippen LogP contribution in [0, 0.1) is 0 Å². The number of aromatic nitrogens is 1. The van der Waals surface area contributed by atoms with E-state index in [0.29, 0.717) is 6.54 Å². The van der Waals surface area contributed by atoms with Crippen molar-refractivity contribution < 1.29 is 27.4 Å². The number of morpholine rings is 1. The minimum absolute atomic E-state index is 0.145. The monoisotopic (exact) mass is 389 g/mol. The number of halogens is 3. The van der Waals surface area contributed by atoms with Gasteiger partial charge in [-0.1, -0.05) is 0 Å². The lowest BCUT2D eigenvalue weighted by Gasteiger charge is -2.43. The van der Waals surface area contributed by atoms with Gasteiger partial charge in [0.15, 0.2) is 0 Å². The Morgan fingerprint density at radius 2 is 2.00 bits per heavy atom. The zero-order valence-corrected chi connectivity index (χ0v) is 16.1. The molecule has 152 valence electrons. The van der Waals surface area contributed by atoms with Crippen LogP contribution in [-0.2, 0) is 15.7 Å². The number of hydrogen-bond acceptors (Lipinski definition) is 5. The zero-order valence-electron chi connectivity index (χ0n) is 16.1. The molecule has 1 N–H and O–H groups in total. The van der Waals surface area contributed by atoms with Crippen LogP contribution in [0.2, 0.25) is 0 Å². The Hall–Kier alpha value is -2.03. The van der Waals surface area contributed by atoms with Crippen LogP contribution in [0.4, 0.5) is 23.8 Å². The molecule has 0 bridgehead atoms. The molecule has 0 unspecified atom stereocenters. The first-order valence-electron chi connectivity index (χ1n) is 8.79. The van der Waals surface area contributed by atoms with Gasteiger partial charge in [0.2, 0.25) is 0 Å². The van der Waals surface area contributed by atoms with E-state index in [1.54, 1.807) is 25.7 Å². The first-order chi connectivity index (χ1) is 12.4. The van der Waals surface area contributed by atoms with Gasteiger partial charge in [-0.15, -0.1) is 0 Å². The van der Waals surface area contributed by atoms with Crippen molar-refractivity contribution in [1.29, 1.82) is 0 Å². The quantitative estimate of drug-likeness (QED) is 0.849. The third-order valence-corrected chi connectivity index (χ3v) is 4.05. The summed E-state index contributed by atoms with van der Waals surface area (Å²) in [5.41, 5.74) is -1.44. The number of nitrogens with one attached hydrogen (secondary N) is 1. The fraction of sp³-hybridized carbons (Fsp3) is 0.667. The highest BCUT2D eigenvalue weighted by Gasteiger charge is 2.38. The van der Waals surface area contributed by atoms with Gasteiger partial charge >= 0.3 is 12.3 Å². The maximum atomic E-state index is 12.6. The summed E-state index contributed by atoms with van der Waals surface area (Å²) in [6.07, 6.45) is -4.52. The number of nitrogens with zero attached hydrogens (tertiary/aromatic N) is 2. The Morgan fingerprint density at radius 1 is 1.33 bits per heavy atom. The summed E-state index contributed by atoms with van der Waals surface area (Å²) in [5, 5.41) is 2.98. The van der Waals surface area contributed by atoms with Crippen LogP contribution in [0.3, 0.4) is 0 Å². The van der Waals surface area contributed by atoms with E-state index < -0.39 is 23.4 Å². The maximum Gasteiger partial charge on any atom is 0.417 e. The summed E-state index contributed by atoms with van der Waals surface area (Å²) >= 11 is 0. The molecule has 1 saturated heterocycles. The summed E-state index contributed by atoms with van der Waals surface area (Å²) in [6.45, 7) is 9.72. The van der Waals surface area contributed by atoms with Crippen molar-refractivity contribution in [3.05, 3.63) is 23.9 Å². The predicted octanol–water partition coefficient (Wildman–Crippen LogP) is 3.93. The van der Waals surface area contributed by atoms with Crippen molar-refractivity contribution in [3.8, 4) is 0 Å². The van der Waals surface area contributed by atoms with Crippen LogP contribution >= 0.6 is 0 Å². The predicted molar refractivity (Wildman–Crippen MR) is 94.5 cm³/mol. The highest BCUT2D eigenvalue weighted by molar-refractivity contribution is 5.69. The molecule has 27 heavy (non-hydrogen) atoms. The minimum atomic E-state index is -4.43. The first kappa shape index (κ1) is 21.3. The molecule has 1 aromatic rings. The third-order valence-electron chi connectivity index (χ3n) is 4.05. The van der Waals surface area contributed by atoms with E-state index in [2.05, 4.69) is 10.3 Å². The molecule has 1 fully saturated rings. The molecule has 3 atom stereocenters. The highest BCUT2D eigenvalue weighted by atomic mass is 19.4. The molecule has 2 heterocycles. The van der Waals surface area contributed by atoms with E-state index in [-0.39, 0.29) is 30.6 Å². The fourth-order valence-corrected chi connectivity index (χ4v) is 2.85. The molecule has 0 spiro atoms. The van der Waals surface area contributed by atoms with Gasteiger partial charge in [-0.3, -0.25) is 4.90 Å². The number of ether oxygens (including phenoxy) is 2. The van der Waals surface area contributed by atoms with Gasteiger partial charge in [-0.25, -0.2) is 9.78 Å². The second-order valence-electron chi connectivity index (χ2n) is 7.66. The van der Waals surface area contributed by atoms with Gasteiger partial charge in [0, 0.05) is 12.7 Å². The molecule has 0 aliphatic carbocycles. The van der Waals surface area contributed by atoms with Crippen LogP contribution in [0.5, 0.6) is 0 Å². The summed E-state index contributed by atoms with van der Waals surface area (Å²) in [6, 6.07) is 1.88. The maximum absolute atomic E-state index is 12.6. The smallest absolute Gasteiger partial charge is 0.417 e. The van der Waals surface area contributed by atoms with Crippen molar-refractivity contribution in [2.24, 2.45) is 0 Å². The van der Waals surface area contributed by atoms with Crippen LogP contribution in [0.15, 0.2) is 18.3 Å². The van der Waals surface area contributed by atoms with Crippen LogP contribution in [0.1, 0.15) is 40.2 Å². The van der Waals surface area contributed by atoms with Gasteiger partial charge in [0.05, 0.1) is 30.4 Å².